The minimum atomic E-state index is -0.522. The van der Waals surface area contributed by atoms with Gasteiger partial charge in [0.2, 0.25) is 0 Å². The van der Waals surface area contributed by atoms with Gasteiger partial charge in [-0.3, -0.25) is 0 Å². The molecule has 102 valence electrons. The molecule has 0 aliphatic carbocycles. The van der Waals surface area contributed by atoms with Crippen molar-refractivity contribution in [3.05, 3.63) is 69.6 Å². The van der Waals surface area contributed by atoms with E-state index in [1.165, 1.54) is 15.6 Å². The molecule has 1 N–H and O–H groups in total. The van der Waals surface area contributed by atoms with Gasteiger partial charge in [-0.05, 0) is 46.5 Å². The Morgan fingerprint density at radius 2 is 2.00 bits per heavy atom. The van der Waals surface area contributed by atoms with Crippen molar-refractivity contribution in [3.8, 4) is 0 Å². The van der Waals surface area contributed by atoms with Gasteiger partial charge in [0.25, 0.3) is 0 Å². The fourth-order valence-electron chi connectivity index (χ4n) is 2.33. The molecule has 0 spiro atoms. The van der Waals surface area contributed by atoms with E-state index in [2.05, 4.69) is 17.5 Å². The second-order valence-electron chi connectivity index (χ2n) is 4.99. The van der Waals surface area contributed by atoms with Crippen LogP contribution in [0.25, 0.3) is 10.1 Å². The van der Waals surface area contributed by atoms with Gasteiger partial charge in [-0.25, -0.2) is 0 Å². The highest BCUT2D eigenvalue weighted by molar-refractivity contribution is 7.17. The number of hydrogen-bond acceptors (Lipinski definition) is 2. The number of benzene rings is 2. The minimum absolute atomic E-state index is 0.522. The van der Waals surface area contributed by atoms with Gasteiger partial charge in [-0.2, -0.15) is 0 Å². The van der Waals surface area contributed by atoms with Crippen LogP contribution in [0.3, 0.4) is 0 Å². The van der Waals surface area contributed by atoms with E-state index in [9.17, 15) is 5.11 Å². The highest BCUT2D eigenvalue weighted by Crippen LogP contribution is 2.30. The van der Waals surface area contributed by atoms with Gasteiger partial charge in [0.15, 0.2) is 0 Å². The smallest absolute Gasteiger partial charge is 0.0831 e. The fraction of sp³-hybridized carbons (Fsp3) is 0.176. The maximum absolute atomic E-state index is 10.4. The highest BCUT2D eigenvalue weighted by Gasteiger charge is 2.12. The highest BCUT2D eigenvalue weighted by atomic mass is 35.5. The van der Waals surface area contributed by atoms with Crippen molar-refractivity contribution in [2.75, 3.05) is 0 Å². The third kappa shape index (κ3) is 2.59. The molecule has 0 fully saturated rings. The Labute approximate surface area is 127 Å². The molecule has 0 saturated heterocycles. The Bertz CT molecular complexity index is 748. The number of rotatable bonds is 3. The van der Waals surface area contributed by atoms with Crippen LogP contribution in [0.2, 0.25) is 5.02 Å². The van der Waals surface area contributed by atoms with E-state index in [1.54, 1.807) is 11.3 Å². The van der Waals surface area contributed by atoms with Gasteiger partial charge in [-0.15, -0.1) is 11.3 Å². The van der Waals surface area contributed by atoms with Gasteiger partial charge in [-0.1, -0.05) is 41.9 Å². The first-order valence-corrected chi connectivity index (χ1v) is 7.80. The van der Waals surface area contributed by atoms with Crippen molar-refractivity contribution < 1.29 is 5.11 Å². The molecule has 0 aliphatic heterocycles. The quantitative estimate of drug-likeness (QED) is 0.710. The van der Waals surface area contributed by atoms with E-state index in [4.69, 9.17) is 11.6 Å². The molecular weight excluding hydrogens is 288 g/mol. The minimum Gasteiger partial charge on any atom is -0.388 e. The Kier molecular flexibility index (Phi) is 3.79. The lowest BCUT2D eigenvalue weighted by molar-refractivity contribution is 0.179. The van der Waals surface area contributed by atoms with Crippen LogP contribution in [0.1, 0.15) is 22.8 Å². The van der Waals surface area contributed by atoms with E-state index in [1.807, 2.05) is 37.3 Å². The summed E-state index contributed by atoms with van der Waals surface area (Å²) in [5.41, 5.74) is 3.09. The van der Waals surface area contributed by atoms with E-state index in [0.29, 0.717) is 11.4 Å². The average Bonchev–Trinajstić information content (AvgIpc) is 2.85. The summed E-state index contributed by atoms with van der Waals surface area (Å²) in [5.74, 6) is 0. The lowest BCUT2D eigenvalue weighted by atomic mass is 10.00. The molecule has 0 saturated carbocycles. The monoisotopic (exact) mass is 302 g/mol. The zero-order valence-electron chi connectivity index (χ0n) is 11.1. The summed E-state index contributed by atoms with van der Waals surface area (Å²) in [6, 6.07) is 14.0. The molecule has 0 aliphatic rings. The van der Waals surface area contributed by atoms with Crippen LogP contribution in [0.4, 0.5) is 0 Å². The molecule has 1 aromatic heterocycles. The zero-order chi connectivity index (χ0) is 14.1. The fourth-order valence-corrected chi connectivity index (χ4v) is 3.50. The van der Waals surface area contributed by atoms with Crippen molar-refractivity contribution in [1.29, 1.82) is 0 Å². The lowest BCUT2D eigenvalue weighted by Gasteiger charge is -2.12. The Balaban J connectivity index is 1.88. The van der Waals surface area contributed by atoms with Crippen molar-refractivity contribution in [1.82, 2.24) is 0 Å². The Morgan fingerprint density at radius 3 is 2.80 bits per heavy atom. The number of hydrogen-bond donors (Lipinski definition) is 1. The molecule has 20 heavy (non-hydrogen) atoms. The van der Waals surface area contributed by atoms with Crippen LogP contribution in [0.15, 0.2) is 47.8 Å². The van der Waals surface area contributed by atoms with Crippen molar-refractivity contribution >= 4 is 33.0 Å². The van der Waals surface area contributed by atoms with Crippen LogP contribution in [-0.4, -0.2) is 5.11 Å². The molecule has 1 nitrogen and oxygen atoms in total. The summed E-state index contributed by atoms with van der Waals surface area (Å²) in [6.45, 7) is 1.96. The topological polar surface area (TPSA) is 20.2 Å². The SMILES string of the molecule is Cc1ccc(C(O)Cc2csc3ccccc23)cc1Cl. The van der Waals surface area contributed by atoms with Gasteiger partial charge < -0.3 is 5.11 Å². The number of aliphatic hydroxyl groups excluding tert-OH is 1. The predicted molar refractivity (Wildman–Crippen MR) is 86.7 cm³/mol. The molecule has 0 bridgehead atoms. The third-order valence-electron chi connectivity index (χ3n) is 3.56. The number of fused-ring (bicyclic) bond motifs is 1. The molecule has 1 unspecified atom stereocenters. The van der Waals surface area contributed by atoms with Gasteiger partial charge >= 0.3 is 0 Å². The first-order chi connectivity index (χ1) is 9.65. The van der Waals surface area contributed by atoms with Gasteiger partial charge in [0, 0.05) is 16.1 Å². The summed E-state index contributed by atoms with van der Waals surface area (Å²) in [5, 5.41) is 14.5. The normalized spacial score (nSPS) is 12.8. The number of thiophene rings is 1. The first kappa shape index (κ1) is 13.6. The second-order valence-corrected chi connectivity index (χ2v) is 6.30. The average molecular weight is 303 g/mol. The Hall–Kier alpha value is -1.35. The Morgan fingerprint density at radius 1 is 1.20 bits per heavy atom. The maximum atomic E-state index is 10.4. The first-order valence-electron chi connectivity index (χ1n) is 6.54. The molecule has 2 aromatic carbocycles. The molecule has 3 rings (SSSR count). The van der Waals surface area contributed by atoms with E-state index in [-0.39, 0.29) is 0 Å². The summed E-state index contributed by atoms with van der Waals surface area (Å²) in [7, 11) is 0. The van der Waals surface area contributed by atoms with Gasteiger partial charge in [0.05, 0.1) is 6.10 Å². The lowest BCUT2D eigenvalue weighted by Crippen LogP contribution is -2.01. The van der Waals surface area contributed by atoms with Crippen molar-refractivity contribution in [2.24, 2.45) is 0 Å². The number of aryl methyl sites for hydroxylation is 1. The van der Waals surface area contributed by atoms with Crippen LogP contribution in [0, 0.1) is 6.92 Å². The number of aliphatic hydroxyl groups is 1. The van der Waals surface area contributed by atoms with E-state index < -0.39 is 6.10 Å². The van der Waals surface area contributed by atoms with Crippen LogP contribution in [-0.2, 0) is 6.42 Å². The van der Waals surface area contributed by atoms with Crippen molar-refractivity contribution in [2.45, 2.75) is 19.4 Å². The number of halogens is 1. The molecule has 0 radical (unpaired) electrons. The molecule has 3 heteroatoms. The summed E-state index contributed by atoms with van der Waals surface area (Å²) >= 11 is 7.85. The molecule has 1 heterocycles. The molecular formula is C17H15ClOS. The summed E-state index contributed by atoms with van der Waals surface area (Å²) in [6.07, 6.45) is 0.0924. The van der Waals surface area contributed by atoms with Crippen LogP contribution in [0.5, 0.6) is 0 Å². The predicted octanol–water partition coefficient (Wildman–Crippen LogP) is 5.14. The van der Waals surface area contributed by atoms with E-state index >= 15 is 0 Å². The standard InChI is InChI=1S/C17H15ClOS/c1-11-6-7-12(8-15(11)18)16(19)9-13-10-20-17-5-3-2-4-14(13)17/h2-8,10,16,19H,9H2,1H3. The van der Waals surface area contributed by atoms with Crippen LogP contribution >= 0.6 is 22.9 Å². The maximum Gasteiger partial charge on any atom is 0.0831 e. The zero-order valence-corrected chi connectivity index (χ0v) is 12.7. The molecule has 0 amide bonds. The van der Waals surface area contributed by atoms with E-state index in [0.717, 1.165) is 11.1 Å². The second kappa shape index (κ2) is 5.57. The summed E-state index contributed by atoms with van der Waals surface area (Å²) < 4.78 is 1.26. The summed E-state index contributed by atoms with van der Waals surface area (Å²) in [4.78, 5) is 0. The van der Waals surface area contributed by atoms with Crippen LogP contribution < -0.4 is 0 Å². The molecule has 1 atom stereocenters. The largest absolute Gasteiger partial charge is 0.388 e. The molecule has 3 aromatic rings. The van der Waals surface area contributed by atoms with Crippen molar-refractivity contribution in [3.63, 3.8) is 0 Å². The third-order valence-corrected chi connectivity index (χ3v) is 4.97. The van der Waals surface area contributed by atoms with Gasteiger partial charge in [0.1, 0.15) is 0 Å².